The molecular formula is C16H22N4O2S. The number of carbonyl (C=O) groups excluding carboxylic acids is 1. The Hall–Kier alpha value is -1.86. The summed E-state index contributed by atoms with van der Waals surface area (Å²) in [7, 11) is 0. The van der Waals surface area contributed by atoms with Gasteiger partial charge in [0.25, 0.3) is 0 Å². The Kier molecular flexibility index (Phi) is 6.18. The van der Waals surface area contributed by atoms with E-state index >= 15 is 0 Å². The van der Waals surface area contributed by atoms with Crippen molar-refractivity contribution in [3.05, 3.63) is 29.8 Å². The Morgan fingerprint density at radius 3 is 2.78 bits per heavy atom. The Bertz CT molecular complexity index is 670. The third-order valence-corrected chi connectivity index (χ3v) is 4.31. The van der Waals surface area contributed by atoms with Crippen LogP contribution < -0.4 is 5.32 Å². The van der Waals surface area contributed by atoms with Crippen molar-refractivity contribution < 1.29 is 9.90 Å². The predicted molar refractivity (Wildman–Crippen MR) is 91.3 cm³/mol. The Morgan fingerprint density at radius 1 is 1.39 bits per heavy atom. The van der Waals surface area contributed by atoms with E-state index in [1.807, 2.05) is 42.7 Å². The molecule has 0 bridgehead atoms. The van der Waals surface area contributed by atoms with Crippen LogP contribution in [-0.4, -0.2) is 44.2 Å². The van der Waals surface area contributed by atoms with Crippen LogP contribution in [0.25, 0.3) is 11.4 Å². The zero-order chi connectivity index (χ0) is 16.8. The van der Waals surface area contributed by atoms with Gasteiger partial charge in [0.15, 0.2) is 11.0 Å². The van der Waals surface area contributed by atoms with Gasteiger partial charge in [0, 0.05) is 18.7 Å². The van der Waals surface area contributed by atoms with Crippen LogP contribution in [0.2, 0.25) is 0 Å². The number of rotatable bonds is 7. The van der Waals surface area contributed by atoms with E-state index in [0.29, 0.717) is 0 Å². The lowest BCUT2D eigenvalue weighted by atomic mass is 10.1. The monoisotopic (exact) mass is 334 g/mol. The molecule has 1 atom stereocenters. The standard InChI is InChI=1S/C16H22N4O2S/c1-4-20-15(13-8-6-5-7-11(13)2)18-19-16(20)23-10-14(22)17-9-12(3)21/h5-8,12,21H,4,9-10H2,1-3H3,(H,17,22). The highest BCUT2D eigenvalue weighted by atomic mass is 32.2. The fourth-order valence-electron chi connectivity index (χ4n) is 2.15. The number of nitrogens with zero attached hydrogens (tertiary/aromatic N) is 3. The molecule has 1 aromatic carbocycles. The topological polar surface area (TPSA) is 80.0 Å². The van der Waals surface area contributed by atoms with E-state index in [0.717, 1.165) is 28.7 Å². The summed E-state index contributed by atoms with van der Waals surface area (Å²) in [5.41, 5.74) is 2.19. The molecule has 1 heterocycles. The molecule has 0 aliphatic heterocycles. The van der Waals surface area contributed by atoms with Gasteiger partial charge in [0.1, 0.15) is 0 Å². The molecule has 2 aromatic rings. The molecule has 1 amide bonds. The number of benzene rings is 1. The first-order chi connectivity index (χ1) is 11.0. The van der Waals surface area contributed by atoms with Gasteiger partial charge in [0.2, 0.25) is 5.91 Å². The zero-order valence-corrected chi connectivity index (χ0v) is 14.4. The number of hydrogen-bond donors (Lipinski definition) is 2. The van der Waals surface area contributed by atoms with Gasteiger partial charge in [-0.1, -0.05) is 36.0 Å². The van der Waals surface area contributed by atoms with Crippen molar-refractivity contribution in [3.63, 3.8) is 0 Å². The molecule has 23 heavy (non-hydrogen) atoms. The minimum absolute atomic E-state index is 0.126. The first-order valence-electron chi connectivity index (χ1n) is 7.59. The average molecular weight is 334 g/mol. The van der Waals surface area contributed by atoms with Crippen molar-refractivity contribution in [1.82, 2.24) is 20.1 Å². The van der Waals surface area contributed by atoms with Crippen molar-refractivity contribution >= 4 is 17.7 Å². The van der Waals surface area contributed by atoms with E-state index in [2.05, 4.69) is 15.5 Å². The largest absolute Gasteiger partial charge is 0.392 e. The third-order valence-electron chi connectivity index (χ3n) is 3.35. The van der Waals surface area contributed by atoms with Crippen LogP contribution in [0.5, 0.6) is 0 Å². The van der Waals surface area contributed by atoms with Gasteiger partial charge >= 0.3 is 0 Å². The molecule has 1 aromatic heterocycles. The van der Waals surface area contributed by atoms with E-state index in [-0.39, 0.29) is 18.2 Å². The number of nitrogens with one attached hydrogen (secondary N) is 1. The summed E-state index contributed by atoms with van der Waals surface area (Å²) < 4.78 is 2.01. The molecule has 1 unspecified atom stereocenters. The molecule has 0 aliphatic carbocycles. The summed E-state index contributed by atoms with van der Waals surface area (Å²) in [6.07, 6.45) is -0.545. The molecule has 2 rings (SSSR count). The molecule has 0 saturated heterocycles. The van der Waals surface area contributed by atoms with E-state index in [1.165, 1.54) is 11.8 Å². The number of thioether (sulfide) groups is 1. The highest BCUT2D eigenvalue weighted by Crippen LogP contribution is 2.25. The third kappa shape index (κ3) is 4.56. The summed E-state index contributed by atoms with van der Waals surface area (Å²) in [5.74, 6) is 0.940. The van der Waals surface area contributed by atoms with E-state index < -0.39 is 6.10 Å². The minimum atomic E-state index is -0.545. The van der Waals surface area contributed by atoms with E-state index in [9.17, 15) is 9.90 Å². The molecule has 6 nitrogen and oxygen atoms in total. The number of hydrogen-bond acceptors (Lipinski definition) is 5. The first kappa shape index (κ1) is 17.5. The average Bonchev–Trinajstić information content (AvgIpc) is 2.94. The summed E-state index contributed by atoms with van der Waals surface area (Å²) in [6.45, 7) is 6.70. The van der Waals surface area contributed by atoms with E-state index in [4.69, 9.17) is 0 Å². The number of amides is 1. The molecule has 0 saturated carbocycles. The van der Waals surface area contributed by atoms with Crippen LogP contribution in [0.3, 0.4) is 0 Å². The number of aryl methyl sites for hydroxylation is 1. The predicted octanol–water partition coefficient (Wildman–Crippen LogP) is 1.86. The Labute approximate surface area is 140 Å². The second kappa shape index (κ2) is 8.12. The maximum atomic E-state index is 11.8. The quantitative estimate of drug-likeness (QED) is 0.756. The number of aliphatic hydroxyl groups is 1. The minimum Gasteiger partial charge on any atom is -0.392 e. The van der Waals surface area contributed by atoms with Crippen molar-refractivity contribution in [1.29, 1.82) is 0 Å². The smallest absolute Gasteiger partial charge is 0.230 e. The van der Waals surface area contributed by atoms with Crippen LogP contribution in [0.1, 0.15) is 19.4 Å². The van der Waals surface area contributed by atoms with Gasteiger partial charge in [0.05, 0.1) is 11.9 Å². The number of aromatic nitrogens is 3. The first-order valence-corrected chi connectivity index (χ1v) is 8.58. The van der Waals surface area contributed by atoms with Crippen molar-refractivity contribution in [2.75, 3.05) is 12.3 Å². The number of aliphatic hydroxyl groups excluding tert-OH is 1. The molecule has 0 fully saturated rings. The normalized spacial score (nSPS) is 12.2. The van der Waals surface area contributed by atoms with Crippen molar-refractivity contribution in [2.24, 2.45) is 0 Å². The highest BCUT2D eigenvalue weighted by molar-refractivity contribution is 7.99. The highest BCUT2D eigenvalue weighted by Gasteiger charge is 2.15. The Morgan fingerprint density at radius 2 is 2.13 bits per heavy atom. The molecule has 2 N–H and O–H groups in total. The second-order valence-corrected chi connectivity index (χ2v) is 6.25. The number of carbonyl (C=O) groups is 1. The fraction of sp³-hybridized carbons (Fsp3) is 0.438. The van der Waals surface area contributed by atoms with Gasteiger partial charge in [-0.15, -0.1) is 10.2 Å². The molecular weight excluding hydrogens is 312 g/mol. The maximum Gasteiger partial charge on any atom is 0.230 e. The van der Waals surface area contributed by atoms with Crippen molar-refractivity contribution in [3.8, 4) is 11.4 Å². The second-order valence-electron chi connectivity index (χ2n) is 5.31. The molecule has 7 heteroatoms. The van der Waals surface area contributed by atoms with Gasteiger partial charge < -0.3 is 15.0 Å². The van der Waals surface area contributed by atoms with Gasteiger partial charge in [-0.2, -0.15) is 0 Å². The van der Waals surface area contributed by atoms with Crippen molar-refractivity contribution in [2.45, 2.75) is 38.6 Å². The molecule has 0 aliphatic rings. The SMILES string of the molecule is CCn1c(SCC(=O)NCC(C)O)nnc1-c1ccccc1C. The van der Waals surface area contributed by atoms with Crippen LogP contribution in [0.15, 0.2) is 29.4 Å². The summed E-state index contributed by atoms with van der Waals surface area (Å²) >= 11 is 1.35. The van der Waals surface area contributed by atoms with Crippen LogP contribution >= 0.6 is 11.8 Å². The van der Waals surface area contributed by atoms with Gasteiger partial charge in [-0.25, -0.2) is 0 Å². The maximum absolute atomic E-state index is 11.8. The van der Waals surface area contributed by atoms with Gasteiger partial charge in [-0.05, 0) is 26.3 Å². The van der Waals surface area contributed by atoms with Gasteiger partial charge in [-0.3, -0.25) is 4.79 Å². The van der Waals surface area contributed by atoms with Crippen LogP contribution in [0, 0.1) is 6.92 Å². The molecule has 0 spiro atoms. The summed E-state index contributed by atoms with van der Waals surface area (Å²) in [5, 5.41) is 21.1. The van der Waals surface area contributed by atoms with Crippen LogP contribution in [-0.2, 0) is 11.3 Å². The summed E-state index contributed by atoms with van der Waals surface area (Å²) in [4.78, 5) is 11.8. The zero-order valence-electron chi connectivity index (χ0n) is 13.6. The summed E-state index contributed by atoms with van der Waals surface area (Å²) in [6, 6.07) is 8.04. The lowest BCUT2D eigenvalue weighted by Gasteiger charge is -2.09. The molecule has 0 radical (unpaired) electrons. The van der Waals surface area contributed by atoms with E-state index in [1.54, 1.807) is 6.92 Å². The fourth-order valence-corrected chi connectivity index (χ4v) is 2.98. The Balaban J connectivity index is 2.10. The molecule has 124 valence electrons. The van der Waals surface area contributed by atoms with Crippen LogP contribution in [0.4, 0.5) is 0 Å². The lowest BCUT2D eigenvalue weighted by Crippen LogP contribution is -2.31. The lowest BCUT2D eigenvalue weighted by molar-refractivity contribution is -0.118.